The van der Waals surface area contributed by atoms with Gasteiger partial charge in [0, 0.05) is 100 Å². The number of aliphatic hydroxyl groups is 1. The van der Waals surface area contributed by atoms with Gasteiger partial charge in [-0.3, -0.25) is 24.7 Å². The Morgan fingerprint density at radius 2 is 1.60 bits per heavy atom. The molecule has 3 aliphatic carbocycles. The van der Waals surface area contributed by atoms with E-state index >= 15 is 0 Å². The third-order valence-corrected chi connectivity index (χ3v) is 22.7. The fraction of sp³-hybridized carbons (Fsp3) is 0.587. The van der Waals surface area contributed by atoms with Crippen molar-refractivity contribution < 1.29 is 42.2 Å². The van der Waals surface area contributed by atoms with Gasteiger partial charge in [-0.15, -0.1) is 0 Å². The summed E-state index contributed by atoms with van der Waals surface area (Å²) in [6, 6.07) is 21.8. The van der Waals surface area contributed by atoms with Crippen molar-refractivity contribution in [2.24, 2.45) is 16.7 Å². The van der Waals surface area contributed by atoms with Crippen LogP contribution in [0.5, 0.6) is 11.6 Å². The van der Waals surface area contributed by atoms with E-state index in [1.165, 1.54) is 55.7 Å². The zero-order chi connectivity index (χ0) is 56.8. The lowest BCUT2D eigenvalue weighted by molar-refractivity contribution is -0.384. The van der Waals surface area contributed by atoms with E-state index in [0.29, 0.717) is 79.3 Å². The number of nitro benzene ring substituents is 1. The van der Waals surface area contributed by atoms with E-state index in [4.69, 9.17) is 23.9 Å². The molecule has 442 valence electrons. The van der Waals surface area contributed by atoms with Gasteiger partial charge in [0.05, 0.1) is 45.4 Å². The number of fused-ring (bicyclic) bond motifs is 4. The molecule has 20 heteroatoms. The molecule has 2 spiro atoms. The number of piperazine rings is 1. The summed E-state index contributed by atoms with van der Waals surface area (Å²) in [5.74, 6) is -0.316. The molecule has 7 fully saturated rings. The Balaban J connectivity index is 0.712. The molecule has 3 aromatic carbocycles. The lowest BCUT2D eigenvalue weighted by atomic mass is 9.59. The summed E-state index contributed by atoms with van der Waals surface area (Å²) in [4.78, 5) is 44.8. The Kier molecular flexibility index (Phi) is 14.2. The average Bonchev–Trinajstić information content (AvgIpc) is 2.56. The Bertz CT molecular complexity index is 3390. The molecule has 2 aromatic heterocycles. The van der Waals surface area contributed by atoms with Crippen LogP contribution >= 0.6 is 0 Å². The van der Waals surface area contributed by atoms with Crippen molar-refractivity contribution in [2.45, 2.75) is 157 Å². The Hall–Kier alpha value is -6.03. The van der Waals surface area contributed by atoms with Gasteiger partial charge in [-0.05, 0) is 168 Å². The fourth-order valence-electron chi connectivity index (χ4n) is 16.3. The molecular formula is C63H79N9O10S. The lowest BCUT2D eigenvalue weighted by Gasteiger charge is -2.59. The number of benzene rings is 3. The summed E-state index contributed by atoms with van der Waals surface area (Å²) in [6.07, 6.45) is 17.1. The molecule has 6 aliphatic heterocycles. The molecule has 4 atom stereocenters. The molecule has 0 unspecified atom stereocenters. The van der Waals surface area contributed by atoms with Crippen molar-refractivity contribution in [3.63, 3.8) is 0 Å². The van der Waals surface area contributed by atoms with Crippen molar-refractivity contribution >= 4 is 55.4 Å². The summed E-state index contributed by atoms with van der Waals surface area (Å²) in [6.45, 7) is 11.3. The third-order valence-electron chi connectivity index (χ3n) is 21.4. The van der Waals surface area contributed by atoms with Crippen molar-refractivity contribution in [1.82, 2.24) is 24.5 Å². The third kappa shape index (κ3) is 10.4. The van der Waals surface area contributed by atoms with Crippen LogP contribution in [0.25, 0.3) is 11.0 Å². The predicted octanol–water partition coefficient (Wildman–Crippen LogP) is 9.55. The number of nitrogens with one attached hydrogen (secondary N) is 3. The standard InChI is InChI=1S/C63H79N9O10S/c1-40-5-3-4-6-47(40)54-37-69(43-9-15-62(16-10-43)19-17-61(2,74)18-20-62)26-27-70(54)45-35-63(36-45)21-24-68(25-22-63)44-7-8-48(51(32-44)71-50-14-30-80-39-56(50)82-60-53(71)31-42-11-23-64-58(42)66-60)59(73)67-83(77,78)46-33-52(72(75)76)57-55(34-46)81-38-49(65-57)41-12-28-79-29-13-41/h3-8,11,23,31-34,41,43,45,49-50,54,56,65,74H,9-10,12-22,24-30,35-39H2,1-2H3,(H,64,66)(H,67,73)/t43?,49-,50-,54-,56-,61?,62?/m0/s1. The second-order valence-corrected chi connectivity index (χ2v) is 28.0. The number of hydrogen-bond donors (Lipinski definition) is 4. The smallest absolute Gasteiger partial charge is 0.297 e. The molecule has 9 aliphatic rings. The normalized spacial score (nSPS) is 29.7. The highest BCUT2D eigenvalue weighted by molar-refractivity contribution is 7.90. The number of aryl methyl sites for hydroxylation is 1. The van der Waals surface area contributed by atoms with Crippen LogP contribution in [0.2, 0.25) is 0 Å². The molecule has 1 amide bonds. The Morgan fingerprint density at radius 3 is 2.37 bits per heavy atom. The highest BCUT2D eigenvalue weighted by Gasteiger charge is 2.52. The van der Waals surface area contributed by atoms with E-state index in [9.17, 15) is 28.4 Å². The number of pyridine rings is 1. The first-order valence-electron chi connectivity index (χ1n) is 30.6. The van der Waals surface area contributed by atoms with Crippen LogP contribution in [0.3, 0.4) is 0 Å². The highest BCUT2D eigenvalue weighted by atomic mass is 32.2. The van der Waals surface area contributed by atoms with Gasteiger partial charge in [0.15, 0.2) is 11.4 Å². The van der Waals surface area contributed by atoms with Gasteiger partial charge in [-0.25, -0.2) is 13.1 Å². The van der Waals surface area contributed by atoms with Crippen molar-refractivity contribution in [2.75, 3.05) is 80.9 Å². The average molecular weight is 1150 g/mol. The largest absolute Gasteiger partial charge is 0.489 e. The summed E-state index contributed by atoms with van der Waals surface area (Å²) in [5.41, 5.74) is 5.46. The Labute approximate surface area is 485 Å². The number of carbonyl (C=O) groups is 1. The van der Waals surface area contributed by atoms with Gasteiger partial charge in [0.2, 0.25) is 5.88 Å². The number of aromatic nitrogens is 2. The molecule has 4 N–H and O–H groups in total. The number of nitrogens with zero attached hydrogens (tertiary/aromatic N) is 6. The zero-order valence-corrected chi connectivity index (χ0v) is 48.7. The summed E-state index contributed by atoms with van der Waals surface area (Å²) < 4.78 is 55.4. The number of hydrogen-bond acceptors (Lipinski definition) is 16. The van der Waals surface area contributed by atoms with Crippen LogP contribution in [0, 0.1) is 33.8 Å². The number of piperidine rings is 1. The first-order chi connectivity index (χ1) is 40.1. The zero-order valence-electron chi connectivity index (χ0n) is 47.9. The van der Waals surface area contributed by atoms with Gasteiger partial charge in [0.25, 0.3) is 21.6 Å². The number of carbonyl (C=O) groups excluding carboxylic acids is 1. The van der Waals surface area contributed by atoms with Crippen LogP contribution in [0.1, 0.15) is 131 Å². The summed E-state index contributed by atoms with van der Waals surface area (Å²) in [7, 11) is -4.71. The van der Waals surface area contributed by atoms with Crippen LogP contribution < -0.4 is 29.3 Å². The van der Waals surface area contributed by atoms with Crippen molar-refractivity contribution in [3.05, 3.63) is 99.7 Å². The molecule has 5 aromatic rings. The van der Waals surface area contributed by atoms with Crippen LogP contribution in [0.4, 0.5) is 28.4 Å². The van der Waals surface area contributed by atoms with Gasteiger partial charge in [0.1, 0.15) is 24.0 Å². The molecule has 14 rings (SSSR count). The molecular weight excluding hydrogens is 1070 g/mol. The minimum Gasteiger partial charge on any atom is -0.489 e. The highest BCUT2D eigenvalue weighted by Crippen LogP contribution is 2.55. The minimum absolute atomic E-state index is 0.0325. The Morgan fingerprint density at radius 1 is 0.831 bits per heavy atom. The maximum atomic E-state index is 14.9. The number of sulfonamides is 1. The molecule has 8 heterocycles. The number of nitro groups is 1. The number of rotatable bonds is 10. The monoisotopic (exact) mass is 1150 g/mol. The van der Waals surface area contributed by atoms with Gasteiger partial charge < -0.3 is 44.2 Å². The first-order valence-corrected chi connectivity index (χ1v) is 32.1. The van der Waals surface area contributed by atoms with Crippen molar-refractivity contribution in [3.8, 4) is 11.6 Å². The molecule has 3 saturated carbocycles. The quantitative estimate of drug-likeness (QED) is 0.0756. The SMILES string of the molecule is Cc1ccccc1[C@@H]1CN(C2CCC3(CC2)CCC(C)(O)CC3)CCN1C1CC2(CCN(c3ccc(C(=O)NS(=O)(=O)c4cc5c(c([N+](=O)[O-])c4)N[C@H](C4CCOCC4)CO5)c(N4c5cc6cc[nH]c6nc5O[C@H]5COCC[C@@H]54)c3)CC2)C1. The van der Waals surface area contributed by atoms with Crippen LogP contribution in [0.15, 0.2) is 77.8 Å². The maximum absolute atomic E-state index is 14.9. The fourth-order valence-corrected chi connectivity index (χ4v) is 17.3. The second-order valence-electron chi connectivity index (χ2n) is 26.3. The van der Waals surface area contributed by atoms with E-state index in [1.807, 2.05) is 37.4 Å². The van der Waals surface area contributed by atoms with Gasteiger partial charge in [-0.1, -0.05) is 24.3 Å². The molecule has 19 nitrogen and oxygen atoms in total. The van der Waals surface area contributed by atoms with E-state index < -0.39 is 43.1 Å². The molecule has 0 radical (unpaired) electrons. The van der Waals surface area contributed by atoms with Gasteiger partial charge in [-0.2, -0.15) is 4.98 Å². The van der Waals surface area contributed by atoms with Crippen molar-refractivity contribution in [1.29, 1.82) is 0 Å². The summed E-state index contributed by atoms with van der Waals surface area (Å²) in [5, 5.41) is 27.5. The first kappa shape index (κ1) is 54.9. The molecule has 4 saturated heterocycles. The van der Waals surface area contributed by atoms with Crippen LogP contribution in [-0.4, -0.2) is 146 Å². The second kappa shape index (κ2) is 21.5. The minimum atomic E-state index is -4.71. The lowest BCUT2D eigenvalue weighted by Crippen LogP contribution is -2.61. The maximum Gasteiger partial charge on any atom is 0.297 e. The summed E-state index contributed by atoms with van der Waals surface area (Å²) >= 11 is 0. The number of anilines is 4. The molecule has 83 heavy (non-hydrogen) atoms. The van der Waals surface area contributed by atoms with E-state index in [2.05, 4.69) is 65.8 Å². The topological polar surface area (TPSA) is 217 Å². The van der Waals surface area contributed by atoms with E-state index in [1.54, 1.807) is 6.07 Å². The number of amides is 1. The molecule has 0 bridgehead atoms. The number of H-pyrrole nitrogens is 1. The van der Waals surface area contributed by atoms with Crippen LogP contribution in [-0.2, 0) is 19.5 Å². The van der Waals surface area contributed by atoms with E-state index in [-0.39, 0.29) is 47.0 Å². The number of aromatic amines is 1. The predicted molar refractivity (Wildman–Crippen MR) is 315 cm³/mol. The number of ether oxygens (including phenoxy) is 4. The van der Waals surface area contributed by atoms with E-state index in [0.717, 1.165) is 101 Å². The van der Waals surface area contributed by atoms with Gasteiger partial charge >= 0.3 is 0 Å².